The van der Waals surface area contributed by atoms with Gasteiger partial charge in [0, 0.05) is 22.1 Å². The standard InChI is InChI=1S/C20H15ClO2/c1-22-14-11-9-13(10-12-14)19-15-5-2-3-7-17(15)23-18-8-4-6-16(21)20(18)19/h2-12,19H,1H3. The lowest BCUT2D eigenvalue weighted by molar-refractivity contribution is 0.414. The van der Waals surface area contributed by atoms with Gasteiger partial charge in [0.25, 0.3) is 0 Å². The predicted octanol–water partition coefficient (Wildman–Crippen LogP) is 5.63. The van der Waals surface area contributed by atoms with Gasteiger partial charge in [-0.15, -0.1) is 0 Å². The summed E-state index contributed by atoms with van der Waals surface area (Å²) in [6.45, 7) is 0. The smallest absolute Gasteiger partial charge is 0.133 e. The van der Waals surface area contributed by atoms with E-state index in [9.17, 15) is 0 Å². The number of fused-ring (bicyclic) bond motifs is 2. The Bertz CT molecular complexity index is 856. The Kier molecular flexibility index (Phi) is 3.47. The fraction of sp³-hybridized carbons (Fsp3) is 0.100. The zero-order chi connectivity index (χ0) is 15.8. The molecule has 23 heavy (non-hydrogen) atoms. The molecule has 3 aromatic rings. The highest BCUT2D eigenvalue weighted by atomic mass is 35.5. The van der Waals surface area contributed by atoms with Gasteiger partial charge in [-0.1, -0.05) is 48.0 Å². The van der Waals surface area contributed by atoms with Crippen LogP contribution in [0.3, 0.4) is 0 Å². The predicted molar refractivity (Wildman–Crippen MR) is 91.9 cm³/mol. The molecule has 1 aliphatic heterocycles. The van der Waals surface area contributed by atoms with Crippen molar-refractivity contribution >= 4 is 11.6 Å². The molecule has 3 heteroatoms. The maximum absolute atomic E-state index is 6.51. The van der Waals surface area contributed by atoms with Crippen molar-refractivity contribution < 1.29 is 9.47 Å². The molecule has 0 bridgehead atoms. The van der Waals surface area contributed by atoms with Gasteiger partial charge >= 0.3 is 0 Å². The van der Waals surface area contributed by atoms with Crippen molar-refractivity contribution in [2.75, 3.05) is 7.11 Å². The summed E-state index contributed by atoms with van der Waals surface area (Å²) in [7, 11) is 1.67. The van der Waals surface area contributed by atoms with Gasteiger partial charge in [0.1, 0.15) is 17.2 Å². The molecule has 0 radical (unpaired) electrons. The van der Waals surface area contributed by atoms with Crippen molar-refractivity contribution in [3.8, 4) is 17.2 Å². The Labute approximate surface area is 140 Å². The number of ether oxygens (including phenoxy) is 2. The number of benzene rings is 3. The third-order valence-electron chi connectivity index (χ3n) is 4.20. The minimum Gasteiger partial charge on any atom is -0.497 e. The summed E-state index contributed by atoms with van der Waals surface area (Å²) in [5.41, 5.74) is 3.30. The summed E-state index contributed by atoms with van der Waals surface area (Å²) in [6, 6.07) is 22.0. The van der Waals surface area contributed by atoms with Crippen LogP contribution in [-0.4, -0.2) is 7.11 Å². The highest BCUT2D eigenvalue weighted by Crippen LogP contribution is 2.49. The van der Waals surface area contributed by atoms with Gasteiger partial charge in [-0.2, -0.15) is 0 Å². The third kappa shape index (κ3) is 2.36. The molecule has 1 heterocycles. The fourth-order valence-corrected chi connectivity index (χ4v) is 3.39. The van der Waals surface area contributed by atoms with E-state index in [1.165, 1.54) is 0 Å². The quantitative estimate of drug-likeness (QED) is 0.476. The van der Waals surface area contributed by atoms with Crippen molar-refractivity contribution in [3.63, 3.8) is 0 Å². The molecule has 2 nitrogen and oxygen atoms in total. The molecule has 1 aliphatic rings. The maximum Gasteiger partial charge on any atom is 0.133 e. The summed E-state index contributed by atoms with van der Waals surface area (Å²) in [5, 5.41) is 0.720. The molecular formula is C20H15ClO2. The van der Waals surface area contributed by atoms with E-state index in [1.54, 1.807) is 7.11 Å². The average Bonchev–Trinajstić information content (AvgIpc) is 2.60. The molecule has 4 rings (SSSR count). The van der Waals surface area contributed by atoms with Crippen LogP contribution in [-0.2, 0) is 0 Å². The van der Waals surface area contributed by atoms with Crippen molar-refractivity contribution in [1.29, 1.82) is 0 Å². The molecule has 0 fully saturated rings. The van der Waals surface area contributed by atoms with Gasteiger partial charge in [-0.3, -0.25) is 0 Å². The van der Waals surface area contributed by atoms with Crippen LogP contribution in [0.2, 0.25) is 5.02 Å². The largest absolute Gasteiger partial charge is 0.497 e. The Hall–Kier alpha value is -2.45. The summed E-state index contributed by atoms with van der Waals surface area (Å²) in [6.07, 6.45) is 0. The van der Waals surface area contributed by atoms with Crippen LogP contribution in [0.15, 0.2) is 66.7 Å². The van der Waals surface area contributed by atoms with Crippen LogP contribution < -0.4 is 9.47 Å². The van der Waals surface area contributed by atoms with E-state index in [2.05, 4.69) is 18.2 Å². The number of methoxy groups -OCH3 is 1. The third-order valence-corrected chi connectivity index (χ3v) is 4.53. The Morgan fingerprint density at radius 1 is 0.870 bits per heavy atom. The van der Waals surface area contributed by atoms with E-state index < -0.39 is 0 Å². The van der Waals surface area contributed by atoms with Crippen LogP contribution in [0.4, 0.5) is 0 Å². The molecule has 0 saturated carbocycles. The molecule has 3 aromatic carbocycles. The monoisotopic (exact) mass is 322 g/mol. The van der Waals surface area contributed by atoms with Gasteiger partial charge in [0.2, 0.25) is 0 Å². The lowest BCUT2D eigenvalue weighted by Gasteiger charge is -2.29. The van der Waals surface area contributed by atoms with Gasteiger partial charge in [0.05, 0.1) is 7.11 Å². The lowest BCUT2D eigenvalue weighted by Crippen LogP contribution is -2.12. The highest BCUT2D eigenvalue weighted by Gasteiger charge is 2.30. The molecular weight excluding hydrogens is 308 g/mol. The minimum atomic E-state index is 0.0505. The topological polar surface area (TPSA) is 18.5 Å². The van der Waals surface area contributed by atoms with Crippen LogP contribution in [0.5, 0.6) is 17.2 Å². The molecule has 0 N–H and O–H groups in total. The maximum atomic E-state index is 6.51. The first-order chi connectivity index (χ1) is 11.3. The van der Waals surface area contributed by atoms with Crippen molar-refractivity contribution in [2.45, 2.75) is 5.92 Å². The average molecular weight is 323 g/mol. The molecule has 0 amide bonds. The van der Waals surface area contributed by atoms with Gasteiger partial charge in [-0.25, -0.2) is 0 Å². The molecule has 0 aliphatic carbocycles. The first kappa shape index (κ1) is 14.2. The zero-order valence-corrected chi connectivity index (χ0v) is 13.4. The van der Waals surface area contributed by atoms with E-state index in [0.717, 1.165) is 39.0 Å². The number of rotatable bonds is 2. The fourth-order valence-electron chi connectivity index (χ4n) is 3.11. The van der Waals surface area contributed by atoms with Gasteiger partial charge in [-0.05, 0) is 35.9 Å². The number of para-hydroxylation sites is 1. The van der Waals surface area contributed by atoms with E-state index in [1.807, 2.05) is 48.5 Å². The second kappa shape index (κ2) is 5.64. The molecule has 1 atom stereocenters. The molecule has 1 unspecified atom stereocenters. The van der Waals surface area contributed by atoms with E-state index in [-0.39, 0.29) is 5.92 Å². The number of hydrogen-bond donors (Lipinski definition) is 0. The van der Waals surface area contributed by atoms with Gasteiger partial charge in [0.15, 0.2) is 0 Å². The van der Waals surface area contributed by atoms with Crippen LogP contribution in [0, 0.1) is 0 Å². The normalized spacial score (nSPS) is 15.3. The summed E-state index contributed by atoms with van der Waals surface area (Å²) in [5.74, 6) is 2.59. The highest BCUT2D eigenvalue weighted by molar-refractivity contribution is 6.31. The summed E-state index contributed by atoms with van der Waals surface area (Å²) >= 11 is 6.51. The van der Waals surface area contributed by atoms with Crippen molar-refractivity contribution in [3.05, 3.63) is 88.4 Å². The van der Waals surface area contributed by atoms with Crippen molar-refractivity contribution in [2.24, 2.45) is 0 Å². The van der Waals surface area contributed by atoms with E-state index >= 15 is 0 Å². The Morgan fingerprint density at radius 3 is 2.39 bits per heavy atom. The van der Waals surface area contributed by atoms with E-state index in [4.69, 9.17) is 21.1 Å². The molecule has 0 aromatic heterocycles. The zero-order valence-electron chi connectivity index (χ0n) is 12.6. The molecule has 0 spiro atoms. The Balaban J connectivity index is 1.94. The summed E-state index contributed by atoms with van der Waals surface area (Å²) in [4.78, 5) is 0. The second-order valence-corrected chi connectivity index (χ2v) is 5.90. The summed E-state index contributed by atoms with van der Waals surface area (Å²) < 4.78 is 11.3. The molecule has 114 valence electrons. The SMILES string of the molecule is COc1ccc(C2c3ccccc3Oc3cccc(Cl)c32)cc1. The number of hydrogen-bond acceptors (Lipinski definition) is 2. The van der Waals surface area contributed by atoms with Gasteiger partial charge < -0.3 is 9.47 Å². The van der Waals surface area contributed by atoms with Crippen molar-refractivity contribution in [1.82, 2.24) is 0 Å². The molecule has 0 saturated heterocycles. The van der Waals surface area contributed by atoms with E-state index in [0.29, 0.717) is 0 Å². The first-order valence-electron chi connectivity index (χ1n) is 7.47. The minimum absolute atomic E-state index is 0.0505. The Morgan fingerprint density at radius 2 is 1.61 bits per heavy atom. The lowest BCUT2D eigenvalue weighted by atomic mass is 9.82. The van der Waals surface area contributed by atoms with Crippen LogP contribution >= 0.6 is 11.6 Å². The first-order valence-corrected chi connectivity index (χ1v) is 7.85. The van der Waals surface area contributed by atoms with Crippen LogP contribution in [0.25, 0.3) is 0 Å². The number of halogens is 1. The van der Waals surface area contributed by atoms with Crippen LogP contribution in [0.1, 0.15) is 22.6 Å². The second-order valence-electron chi connectivity index (χ2n) is 5.50.